The fourth-order valence-electron chi connectivity index (χ4n) is 5.49. The van der Waals surface area contributed by atoms with Crippen molar-refractivity contribution in [2.24, 2.45) is 11.8 Å². The maximum Gasteiger partial charge on any atom is 0.236 e. The van der Waals surface area contributed by atoms with Crippen molar-refractivity contribution in [3.8, 4) is 11.5 Å². The van der Waals surface area contributed by atoms with E-state index in [9.17, 15) is 9.59 Å². The highest BCUT2D eigenvalue weighted by atomic mass is 16.5. The van der Waals surface area contributed by atoms with Gasteiger partial charge in [-0.3, -0.25) is 14.5 Å². The molecule has 204 valence electrons. The van der Waals surface area contributed by atoms with Crippen molar-refractivity contribution in [2.45, 2.75) is 39.8 Å². The third-order valence-corrected chi connectivity index (χ3v) is 7.72. The summed E-state index contributed by atoms with van der Waals surface area (Å²) in [5.74, 6) is 2.32. The molecule has 0 N–H and O–H groups in total. The molecule has 2 aliphatic rings. The lowest BCUT2D eigenvalue weighted by Gasteiger charge is -2.38. The number of hydrogen-bond acceptors (Lipinski definition) is 5. The lowest BCUT2D eigenvalue weighted by molar-refractivity contribution is -0.136. The summed E-state index contributed by atoms with van der Waals surface area (Å²) in [5.41, 5.74) is 2.18. The van der Waals surface area contributed by atoms with Crippen molar-refractivity contribution in [1.82, 2.24) is 14.7 Å². The molecule has 2 aliphatic heterocycles. The number of hydrogen-bond donors (Lipinski definition) is 0. The number of fused-ring (bicyclic) bond motifs is 3. The quantitative estimate of drug-likeness (QED) is 0.509. The molecule has 2 aromatic rings. The summed E-state index contributed by atoms with van der Waals surface area (Å²) >= 11 is 0. The minimum atomic E-state index is 0.127. The van der Waals surface area contributed by atoms with Crippen molar-refractivity contribution >= 4 is 11.8 Å². The van der Waals surface area contributed by atoms with E-state index in [0.717, 1.165) is 42.1 Å². The predicted octanol–water partition coefficient (Wildman–Crippen LogP) is 4.37. The lowest BCUT2D eigenvalue weighted by Crippen LogP contribution is -2.48. The molecule has 2 amide bonds. The Morgan fingerprint density at radius 2 is 1.84 bits per heavy atom. The van der Waals surface area contributed by atoms with Crippen LogP contribution in [-0.4, -0.2) is 73.0 Å². The number of rotatable bonds is 7. The number of methoxy groups -OCH3 is 1. The average molecular weight is 520 g/mol. The van der Waals surface area contributed by atoms with Gasteiger partial charge in [-0.1, -0.05) is 42.5 Å². The van der Waals surface area contributed by atoms with Crippen LogP contribution in [0.25, 0.3) is 0 Å². The molecule has 38 heavy (non-hydrogen) atoms. The van der Waals surface area contributed by atoms with Crippen molar-refractivity contribution in [3.63, 3.8) is 0 Å². The molecule has 1 fully saturated rings. The number of carbonyl (C=O) groups is 2. The Bertz CT molecular complexity index is 1100. The van der Waals surface area contributed by atoms with E-state index in [-0.39, 0.29) is 23.7 Å². The molecule has 0 saturated carbocycles. The molecule has 7 nitrogen and oxygen atoms in total. The Kier molecular flexibility index (Phi) is 9.82. The van der Waals surface area contributed by atoms with Crippen LogP contribution >= 0.6 is 0 Å². The largest absolute Gasteiger partial charge is 0.497 e. The molecule has 2 atom stereocenters. The minimum absolute atomic E-state index is 0.127. The molecule has 2 bridgehead atoms. The zero-order valence-corrected chi connectivity index (χ0v) is 23.0. The molecule has 4 rings (SSSR count). The Morgan fingerprint density at radius 3 is 2.58 bits per heavy atom. The minimum Gasteiger partial charge on any atom is -0.497 e. The Labute approximate surface area is 227 Å². The van der Waals surface area contributed by atoms with Crippen LogP contribution in [0, 0.1) is 11.8 Å². The number of carbonyl (C=O) groups excluding carboxylic acids is 2. The predicted molar refractivity (Wildman–Crippen MR) is 149 cm³/mol. The summed E-state index contributed by atoms with van der Waals surface area (Å²) in [6.45, 7) is 8.84. The second kappa shape index (κ2) is 13.5. The zero-order chi connectivity index (χ0) is 26.9. The van der Waals surface area contributed by atoms with Crippen LogP contribution in [0.5, 0.6) is 11.5 Å². The number of para-hydroxylation sites is 1. The topological polar surface area (TPSA) is 62.3 Å². The van der Waals surface area contributed by atoms with Crippen LogP contribution in [0.15, 0.2) is 60.7 Å². The van der Waals surface area contributed by atoms with Crippen LogP contribution < -0.4 is 9.47 Å². The van der Waals surface area contributed by atoms with Gasteiger partial charge in [0.05, 0.1) is 13.7 Å². The van der Waals surface area contributed by atoms with E-state index >= 15 is 0 Å². The van der Waals surface area contributed by atoms with Gasteiger partial charge in [0.25, 0.3) is 0 Å². The molecular formula is C31H41N3O4. The summed E-state index contributed by atoms with van der Waals surface area (Å²) in [5, 5.41) is 0. The van der Waals surface area contributed by atoms with Crippen LogP contribution in [0.4, 0.5) is 0 Å². The Balaban J connectivity index is 1.56. The first-order valence-electron chi connectivity index (χ1n) is 13.8. The third-order valence-electron chi connectivity index (χ3n) is 7.72. The number of benzene rings is 2. The third kappa shape index (κ3) is 7.16. The van der Waals surface area contributed by atoms with Crippen LogP contribution in [0.2, 0.25) is 0 Å². The SMILES string of the molecule is CCN(CC)C(=O)C[C@@H]1CCN2C[C@@H]1/C=C\COc1ccccc1CN(Cc1ccc(OC)cc1)CC2=O. The Hall–Kier alpha value is -3.32. The molecule has 0 unspecified atom stereocenters. The summed E-state index contributed by atoms with van der Waals surface area (Å²) in [6, 6.07) is 16.0. The highest BCUT2D eigenvalue weighted by Crippen LogP contribution is 2.30. The van der Waals surface area contributed by atoms with E-state index in [1.54, 1.807) is 7.11 Å². The molecule has 7 heteroatoms. The van der Waals surface area contributed by atoms with Gasteiger partial charge in [-0.2, -0.15) is 0 Å². The number of amides is 2. The molecule has 2 heterocycles. The summed E-state index contributed by atoms with van der Waals surface area (Å²) in [4.78, 5) is 32.6. The lowest BCUT2D eigenvalue weighted by atomic mass is 9.82. The normalized spacial score (nSPS) is 21.2. The van der Waals surface area contributed by atoms with Gasteiger partial charge < -0.3 is 19.3 Å². The maximum atomic E-state index is 13.6. The van der Waals surface area contributed by atoms with E-state index in [1.165, 1.54) is 0 Å². The standard InChI is InChI=1S/C31H41N3O4/c1-4-33(5-2)30(35)19-25-16-17-34-22-26(25)10-8-18-38-29-11-7-6-9-27(29)21-32(23-31(34)36)20-24-12-14-28(37-3)15-13-24/h6-15,25-26H,4-5,16-23H2,1-3H3/b10-8-/t25-,26-/m0/s1. The highest BCUT2D eigenvalue weighted by Gasteiger charge is 2.33. The van der Waals surface area contributed by atoms with Gasteiger partial charge in [0.15, 0.2) is 0 Å². The second-order valence-corrected chi connectivity index (χ2v) is 10.2. The van der Waals surface area contributed by atoms with E-state index in [2.05, 4.69) is 23.1 Å². The number of piperidine rings is 1. The van der Waals surface area contributed by atoms with E-state index in [1.807, 2.05) is 66.1 Å². The molecule has 0 spiro atoms. The highest BCUT2D eigenvalue weighted by molar-refractivity contribution is 5.79. The fourth-order valence-corrected chi connectivity index (χ4v) is 5.49. The molecule has 0 aromatic heterocycles. The molecular weight excluding hydrogens is 478 g/mol. The summed E-state index contributed by atoms with van der Waals surface area (Å²) < 4.78 is 11.5. The van der Waals surface area contributed by atoms with Gasteiger partial charge in [0.1, 0.15) is 18.1 Å². The van der Waals surface area contributed by atoms with Crippen molar-refractivity contribution in [2.75, 3.05) is 46.4 Å². The smallest absolute Gasteiger partial charge is 0.236 e. The first-order chi connectivity index (χ1) is 18.5. The van der Waals surface area contributed by atoms with Gasteiger partial charge >= 0.3 is 0 Å². The van der Waals surface area contributed by atoms with Gasteiger partial charge in [0, 0.05) is 51.3 Å². The number of nitrogens with zero attached hydrogens (tertiary/aromatic N) is 3. The maximum absolute atomic E-state index is 13.6. The van der Waals surface area contributed by atoms with Crippen molar-refractivity contribution in [1.29, 1.82) is 0 Å². The molecule has 0 aliphatic carbocycles. The fraction of sp³-hybridized carbons (Fsp3) is 0.484. The zero-order valence-electron chi connectivity index (χ0n) is 23.0. The van der Waals surface area contributed by atoms with Gasteiger partial charge in [-0.25, -0.2) is 0 Å². The first kappa shape index (κ1) is 27.7. The van der Waals surface area contributed by atoms with Crippen LogP contribution in [0.3, 0.4) is 0 Å². The molecule has 1 saturated heterocycles. The van der Waals surface area contributed by atoms with E-state index < -0.39 is 0 Å². The van der Waals surface area contributed by atoms with Gasteiger partial charge in [-0.05, 0) is 55.9 Å². The molecule has 2 aromatic carbocycles. The molecule has 0 radical (unpaired) electrons. The van der Waals surface area contributed by atoms with E-state index in [4.69, 9.17) is 9.47 Å². The van der Waals surface area contributed by atoms with E-state index in [0.29, 0.717) is 45.8 Å². The summed E-state index contributed by atoms with van der Waals surface area (Å²) in [6.07, 6.45) is 5.56. The van der Waals surface area contributed by atoms with Crippen LogP contribution in [0.1, 0.15) is 37.8 Å². The summed E-state index contributed by atoms with van der Waals surface area (Å²) in [7, 11) is 1.66. The van der Waals surface area contributed by atoms with Gasteiger partial charge in [0.2, 0.25) is 11.8 Å². The first-order valence-corrected chi connectivity index (χ1v) is 13.8. The van der Waals surface area contributed by atoms with Crippen LogP contribution in [-0.2, 0) is 22.7 Å². The number of ether oxygens (including phenoxy) is 2. The Morgan fingerprint density at radius 1 is 1.08 bits per heavy atom. The average Bonchev–Trinajstić information content (AvgIpc) is 2.94. The van der Waals surface area contributed by atoms with Gasteiger partial charge in [-0.15, -0.1) is 0 Å². The van der Waals surface area contributed by atoms with Crippen molar-refractivity contribution < 1.29 is 19.1 Å². The monoisotopic (exact) mass is 519 g/mol. The van der Waals surface area contributed by atoms with Crippen molar-refractivity contribution in [3.05, 3.63) is 71.8 Å². The second-order valence-electron chi connectivity index (χ2n) is 10.2.